The average Bonchev–Trinajstić information content (AvgIpc) is 2.98. The van der Waals surface area contributed by atoms with E-state index in [0.29, 0.717) is 5.82 Å². The molecule has 6 nitrogen and oxygen atoms in total. The number of methoxy groups -OCH3 is 1. The largest absolute Gasteiger partial charge is 0.507 e. The van der Waals surface area contributed by atoms with E-state index in [2.05, 4.69) is 10.1 Å². The van der Waals surface area contributed by atoms with Gasteiger partial charge < -0.3 is 19.5 Å². The van der Waals surface area contributed by atoms with Crippen molar-refractivity contribution in [2.24, 2.45) is 0 Å². The fourth-order valence-electron chi connectivity index (χ4n) is 2.90. The van der Waals surface area contributed by atoms with E-state index in [1.165, 1.54) is 18.6 Å². The van der Waals surface area contributed by atoms with Gasteiger partial charge in [-0.05, 0) is 25.0 Å². The van der Waals surface area contributed by atoms with Crippen LogP contribution in [0.15, 0.2) is 22.7 Å². The number of nitrogens with zero attached hydrogens (tertiary/aromatic N) is 2. The second-order valence-corrected chi connectivity index (χ2v) is 5.35. The van der Waals surface area contributed by atoms with E-state index in [-0.39, 0.29) is 23.0 Å². The Morgan fingerprint density at radius 1 is 1.14 bits per heavy atom. The first kappa shape index (κ1) is 13.9. The minimum absolute atomic E-state index is 0.0969. The van der Waals surface area contributed by atoms with Crippen LogP contribution >= 0.6 is 0 Å². The fourth-order valence-corrected chi connectivity index (χ4v) is 2.90. The maximum Gasteiger partial charge on any atom is 0.265 e. The van der Waals surface area contributed by atoms with Crippen molar-refractivity contribution in [3.63, 3.8) is 0 Å². The molecule has 112 valence electrons. The zero-order chi connectivity index (χ0) is 14.9. The molecule has 1 aliphatic rings. The summed E-state index contributed by atoms with van der Waals surface area (Å²) in [4.78, 5) is 4.35. The Kier molecular flexibility index (Phi) is 3.55. The molecule has 3 rings (SSSR count). The lowest BCUT2D eigenvalue weighted by Gasteiger charge is -2.32. The third-order valence-corrected chi connectivity index (χ3v) is 4.12. The highest BCUT2D eigenvalue weighted by atomic mass is 16.5. The highest BCUT2D eigenvalue weighted by Gasteiger charge is 2.39. The van der Waals surface area contributed by atoms with E-state index in [1.54, 1.807) is 13.2 Å². The Morgan fingerprint density at radius 2 is 1.81 bits per heavy atom. The molecule has 21 heavy (non-hydrogen) atoms. The lowest BCUT2D eigenvalue weighted by Crippen LogP contribution is -2.32. The molecular formula is C15H18N2O4. The lowest BCUT2D eigenvalue weighted by molar-refractivity contribution is -0.0527. The van der Waals surface area contributed by atoms with Gasteiger partial charge in [-0.2, -0.15) is 4.98 Å². The molecule has 1 saturated carbocycles. The molecule has 0 bridgehead atoms. The van der Waals surface area contributed by atoms with E-state index >= 15 is 0 Å². The summed E-state index contributed by atoms with van der Waals surface area (Å²) in [6.07, 6.45) is 4.97. The normalized spacial score (nSPS) is 17.8. The van der Waals surface area contributed by atoms with Gasteiger partial charge in [0.25, 0.3) is 5.89 Å². The predicted octanol–water partition coefficient (Wildman–Crippen LogP) is 2.95. The van der Waals surface area contributed by atoms with Crippen LogP contribution in [-0.4, -0.2) is 27.5 Å². The average molecular weight is 290 g/mol. The second-order valence-electron chi connectivity index (χ2n) is 5.35. The summed E-state index contributed by atoms with van der Waals surface area (Å²) in [6, 6.07) is 4.47. The van der Waals surface area contributed by atoms with Crippen LogP contribution in [0.1, 0.15) is 37.9 Å². The molecular weight excluding hydrogens is 272 g/mol. The van der Waals surface area contributed by atoms with Gasteiger partial charge in [0, 0.05) is 7.11 Å². The summed E-state index contributed by atoms with van der Waals surface area (Å²) in [5.41, 5.74) is -0.377. The van der Waals surface area contributed by atoms with E-state index in [1.807, 2.05) is 0 Å². The minimum atomic E-state index is -0.528. The Morgan fingerprint density at radius 3 is 2.43 bits per heavy atom. The quantitative estimate of drug-likeness (QED) is 0.903. The monoisotopic (exact) mass is 290 g/mol. The van der Waals surface area contributed by atoms with Crippen molar-refractivity contribution in [1.29, 1.82) is 0 Å². The zero-order valence-electron chi connectivity index (χ0n) is 11.9. The predicted molar refractivity (Wildman–Crippen MR) is 74.8 cm³/mol. The maximum atomic E-state index is 9.87. The zero-order valence-corrected chi connectivity index (χ0v) is 11.9. The molecule has 0 unspecified atom stereocenters. The third kappa shape index (κ3) is 2.35. The summed E-state index contributed by atoms with van der Waals surface area (Å²) >= 11 is 0. The van der Waals surface area contributed by atoms with Crippen molar-refractivity contribution in [1.82, 2.24) is 10.1 Å². The second kappa shape index (κ2) is 5.37. The third-order valence-electron chi connectivity index (χ3n) is 4.12. The lowest BCUT2D eigenvalue weighted by atomic mass is 9.84. The van der Waals surface area contributed by atoms with Crippen molar-refractivity contribution >= 4 is 0 Å². The van der Waals surface area contributed by atoms with Crippen LogP contribution in [0, 0.1) is 0 Å². The van der Waals surface area contributed by atoms with Gasteiger partial charge in [0.1, 0.15) is 22.7 Å². The summed E-state index contributed by atoms with van der Waals surface area (Å²) in [5, 5.41) is 23.7. The number of phenolic OH excluding ortho intramolecular Hbond substituents is 2. The van der Waals surface area contributed by atoms with Crippen molar-refractivity contribution in [3.8, 4) is 23.0 Å². The van der Waals surface area contributed by atoms with Gasteiger partial charge >= 0.3 is 0 Å². The van der Waals surface area contributed by atoms with Crippen LogP contribution < -0.4 is 0 Å². The van der Waals surface area contributed by atoms with Crippen LogP contribution in [0.25, 0.3) is 11.5 Å². The fraction of sp³-hybridized carbons (Fsp3) is 0.467. The van der Waals surface area contributed by atoms with Crippen molar-refractivity contribution in [2.45, 2.75) is 37.7 Å². The molecule has 1 aliphatic carbocycles. The summed E-state index contributed by atoms with van der Waals surface area (Å²) in [7, 11) is 1.65. The van der Waals surface area contributed by atoms with Gasteiger partial charge in [-0.1, -0.05) is 30.5 Å². The first-order chi connectivity index (χ1) is 10.2. The number of aromatic nitrogens is 2. The van der Waals surface area contributed by atoms with Gasteiger partial charge in [-0.15, -0.1) is 0 Å². The molecule has 1 fully saturated rings. The molecule has 2 N–H and O–H groups in total. The van der Waals surface area contributed by atoms with Crippen LogP contribution in [0.3, 0.4) is 0 Å². The van der Waals surface area contributed by atoms with Crippen LogP contribution in [0.2, 0.25) is 0 Å². The van der Waals surface area contributed by atoms with E-state index in [0.717, 1.165) is 25.7 Å². The Hall–Kier alpha value is -2.08. The number of hydrogen-bond donors (Lipinski definition) is 2. The van der Waals surface area contributed by atoms with Crippen LogP contribution in [0.5, 0.6) is 11.5 Å². The number of rotatable bonds is 3. The molecule has 1 aromatic carbocycles. The Balaban J connectivity index is 2.00. The highest BCUT2D eigenvalue weighted by molar-refractivity contribution is 5.69. The van der Waals surface area contributed by atoms with Crippen molar-refractivity contribution < 1.29 is 19.5 Å². The first-order valence-corrected chi connectivity index (χ1v) is 7.07. The smallest absolute Gasteiger partial charge is 0.265 e. The SMILES string of the molecule is COC1(c2noc(-c3c(O)cccc3O)n2)CCCCC1. The summed E-state index contributed by atoms with van der Waals surface area (Å²) in [5.74, 6) is 0.380. The van der Waals surface area contributed by atoms with E-state index < -0.39 is 5.60 Å². The molecule has 0 atom stereocenters. The Labute approximate surface area is 122 Å². The summed E-state index contributed by atoms with van der Waals surface area (Å²) < 4.78 is 10.9. The molecule has 1 heterocycles. The van der Waals surface area contributed by atoms with E-state index in [4.69, 9.17) is 9.26 Å². The molecule has 0 amide bonds. The number of phenols is 2. The number of hydrogen-bond acceptors (Lipinski definition) is 6. The molecule has 0 radical (unpaired) electrons. The number of ether oxygens (including phenoxy) is 1. The van der Waals surface area contributed by atoms with Crippen LogP contribution in [0.4, 0.5) is 0 Å². The molecule has 0 saturated heterocycles. The topological polar surface area (TPSA) is 88.6 Å². The first-order valence-electron chi connectivity index (χ1n) is 7.07. The van der Waals surface area contributed by atoms with Crippen molar-refractivity contribution in [3.05, 3.63) is 24.0 Å². The molecule has 0 spiro atoms. The molecule has 0 aliphatic heterocycles. The van der Waals surface area contributed by atoms with Gasteiger partial charge in [0.15, 0.2) is 0 Å². The number of aromatic hydroxyl groups is 2. The maximum absolute atomic E-state index is 9.87. The van der Waals surface area contributed by atoms with Gasteiger partial charge in [0.05, 0.1) is 0 Å². The van der Waals surface area contributed by atoms with E-state index in [9.17, 15) is 10.2 Å². The van der Waals surface area contributed by atoms with Gasteiger partial charge in [0.2, 0.25) is 5.82 Å². The molecule has 2 aromatic rings. The molecule has 6 heteroatoms. The van der Waals surface area contributed by atoms with Crippen LogP contribution in [-0.2, 0) is 10.3 Å². The van der Waals surface area contributed by atoms with Crippen molar-refractivity contribution in [2.75, 3.05) is 7.11 Å². The number of benzene rings is 1. The Bertz CT molecular complexity index is 612. The highest BCUT2D eigenvalue weighted by Crippen LogP contribution is 2.41. The molecule has 1 aromatic heterocycles. The van der Waals surface area contributed by atoms with Gasteiger partial charge in [-0.3, -0.25) is 0 Å². The van der Waals surface area contributed by atoms with Gasteiger partial charge in [-0.25, -0.2) is 0 Å². The standard InChI is InChI=1S/C15H18N2O4/c1-20-15(8-3-2-4-9-15)14-16-13(21-17-14)12-10(18)6-5-7-11(12)19/h5-7,18-19H,2-4,8-9H2,1H3. The summed E-state index contributed by atoms with van der Waals surface area (Å²) in [6.45, 7) is 0. The minimum Gasteiger partial charge on any atom is -0.507 e.